The van der Waals surface area contributed by atoms with Gasteiger partial charge in [-0.1, -0.05) is 59.6 Å². The fourth-order valence-corrected chi connectivity index (χ4v) is 5.74. The van der Waals surface area contributed by atoms with Gasteiger partial charge < -0.3 is 10.1 Å². The summed E-state index contributed by atoms with van der Waals surface area (Å²) in [6.45, 7) is 2.25. The number of amides is 2. The summed E-state index contributed by atoms with van der Waals surface area (Å²) in [6.07, 6.45) is 1.73. The Morgan fingerprint density at radius 3 is 2.69 bits per heavy atom. The minimum Gasteiger partial charge on any atom is -0.461 e. The van der Waals surface area contributed by atoms with Gasteiger partial charge in [-0.15, -0.1) is 0 Å². The topological polar surface area (TPSA) is 92.8 Å². The Bertz CT molecular complexity index is 858. The van der Waals surface area contributed by atoms with Crippen molar-refractivity contribution in [2.24, 2.45) is 0 Å². The quantitative estimate of drug-likeness (QED) is 0.263. The van der Waals surface area contributed by atoms with Gasteiger partial charge in [0.05, 0.1) is 29.6 Å². The standard InChI is InChI=1S/C20H23BrN2O5S/c1-2-3-9-28-20(26)17-14(11-21)12-29(27)19-16(18(25)23(17)19)22-15(24)10-13-7-5-4-6-8-13/h4-8,16,19H,2-3,9-12H2,1H3,(H,22,24)/t16-,19-,29+/m1/s1. The number of halogens is 1. The number of hydrogen-bond donors (Lipinski definition) is 1. The molecule has 1 aromatic carbocycles. The Morgan fingerprint density at radius 1 is 1.31 bits per heavy atom. The van der Waals surface area contributed by atoms with Crippen LogP contribution in [0.2, 0.25) is 0 Å². The Hall–Kier alpha value is -2.00. The van der Waals surface area contributed by atoms with Gasteiger partial charge in [0.2, 0.25) is 5.91 Å². The average Bonchev–Trinajstić information content (AvgIpc) is 2.72. The van der Waals surface area contributed by atoms with Gasteiger partial charge in [0.15, 0.2) is 0 Å². The smallest absolute Gasteiger partial charge is 0.355 e. The normalized spacial score (nSPS) is 23.3. The SMILES string of the molecule is CCCCOC(=O)C1=C(CBr)C[S@](=O)[C@@H]2[C@H](NC(=O)Cc3ccccc3)C(=O)N12. The summed E-state index contributed by atoms with van der Waals surface area (Å²) in [4.78, 5) is 38.9. The van der Waals surface area contributed by atoms with Crippen LogP contribution in [0.5, 0.6) is 0 Å². The molecule has 0 aliphatic carbocycles. The van der Waals surface area contributed by atoms with E-state index in [1.807, 2.05) is 37.3 Å². The molecule has 1 saturated heterocycles. The number of unbranched alkanes of at least 4 members (excludes halogenated alkanes) is 1. The van der Waals surface area contributed by atoms with Crippen LogP contribution in [0.3, 0.4) is 0 Å². The van der Waals surface area contributed by atoms with Crippen LogP contribution >= 0.6 is 15.9 Å². The third-order valence-electron chi connectivity index (χ3n) is 4.81. The number of alkyl halides is 1. The summed E-state index contributed by atoms with van der Waals surface area (Å²) in [5.41, 5.74) is 1.55. The summed E-state index contributed by atoms with van der Waals surface area (Å²) >= 11 is 3.31. The van der Waals surface area contributed by atoms with E-state index in [-0.39, 0.29) is 30.4 Å². The van der Waals surface area contributed by atoms with Crippen molar-refractivity contribution in [3.05, 3.63) is 47.2 Å². The van der Waals surface area contributed by atoms with Crippen LogP contribution in [0.4, 0.5) is 0 Å². The van der Waals surface area contributed by atoms with Crippen molar-refractivity contribution < 1.29 is 23.3 Å². The molecule has 9 heteroatoms. The van der Waals surface area contributed by atoms with Crippen LogP contribution in [0.25, 0.3) is 0 Å². The van der Waals surface area contributed by atoms with Gasteiger partial charge in [-0.05, 0) is 17.6 Å². The van der Waals surface area contributed by atoms with Crippen molar-refractivity contribution in [1.29, 1.82) is 0 Å². The second kappa shape index (κ2) is 9.67. The number of nitrogens with one attached hydrogen (secondary N) is 1. The van der Waals surface area contributed by atoms with Gasteiger partial charge >= 0.3 is 5.97 Å². The van der Waals surface area contributed by atoms with Gasteiger partial charge in [0.1, 0.15) is 17.1 Å². The van der Waals surface area contributed by atoms with Gasteiger partial charge in [0, 0.05) is 5.33 Å². The summed E-state index contributed by atoms with van der Waals surface area (Å²) in [5.74, 6) is -1.20. The molecule has 0 bridgehead atoms. The summed E-state index contributed by atoms with van der Waals surface area (Å²) in [7, 11) is -1.42. The molecule has 156 valence electrons. The predicted molar refractivity (Wildman–Crippen MR) is 112 cm³/mol. The van der Waals surface area contributed by atoms with E-state index in [1.54, 1.807) is 0 Å². The Morgan fingerprint density at radius 2 is 2.03 bits per heavy atom. The molecule has 0 saturated carbocycles. The van der Waals surface area contributed by atoms with E-state index in [0.717, 1.165) is 18.4 Å². The zero-order chi connectivity index (χ0) is 21.0. The van der Waals surface area contributed by atoms with E-state index < -0.39 is 34.1 Å². The lowest BCUT2D eigenvalue weighted by molar-refractivity contribution is -0.153. The van der Waals surface area contributed by atoms with Crippen LogP contribution in [0, 0.1) is 0 Å². The van der Waals surface area contributed by atoms with E-state index >= 15 is 0 Å². The number of ether oxygens (including phenoxy) is 1. The van der Waals surface area contributed by atoms with E-state index in [2.05, 4.69) is 21.2 Å². The highest BCUT2D eigenvalue weighted by molar-refractivity contribution is 9.09. The number of fused-ring (bicyclic) bond motifs is 1. The summed E-state index contributed by atoms with van der Waals surface area (Å²) in [6, 6.07) is 8.26. The van der Waals surface area contributed by atoms with Crippen LogP contribution in [-0.4, -0.2) is 56.0 Å². The van der Waals surface area contributed by atoms with Gasteiger partial charge in [-0.3, -0.25) is 18.7 Å². The van der Waals surface area contributed by atoms with Crippen LogP contribution in [0.15, 0.2) is 41.6 Å². The summed E-state index contributed by atoms with van der Waals surface area (Å²) in [5, 5.41) is 2.25. The van der Waals surface area contributed by atoms with E-state index in [0.29, 0.717) is 10.9 Å². The highest BCUT2D eigenvalue weighted by Crippen LogP contribution is 2.35. The number of hydrogen-bond acceptors (Lipinski definition) is 5. The van der Waals surface area contributed by atoms with Crippen LogP contribution in [-0.2, 0) is 36.3 Å². The van der Waals surface area contributed by atoms with E-state index in [9.17, 15) is 18.6 Å². The molecular formula is C20H23BrN2O5S. The van der Waals surface area contributed by atoms with Crippen molar-refractivity contribution in [1.82, 2.24) is 10.2 Å². The van der Waals surface area contributed by atoms with Gasteiger partial charge in [-0.25, -0.2) is 4.79 Å². The first kappa shape index (κ1) is 21.7. The largest absolute Gasteiger partial charge is 0.461 e. The van der Waals surface area contributed by atoms with Crippen molar-refractivity contribution in [2.75, 3.05) is 17.7 Å². The first-order valence-corrected chi connectivity index (χ1v) is 12.0. The van der Waals surface area contributed by atoms with Gasteiger partial charge in [-0.2, -0.15) is 0 Å². The Balaban J connectivity index is 1.73. The van der Waals surface area contributed by atoms with Gasteiger partial charge in [0.25, 0.3) is 5.91 Å². The first-order chi connectivity index (χ1) is 14.0. The number of carbonyl (C=O) groups excluding carboxylic acids is 3. The third-order valence-corrected chi connectivity index (χ3v) is 7.15. The lowest BCUT2D eigenvalue weighted by Crippen LogP contribution is -2.73. The molecule has 1 aromatic rings. The molecule has 7 nitrogen and oxygen atoms in total. The number of carbonyl (C=O) groups is 3. The lowest BCUT2D eigenvalue weighted by atomic mass is 10.0. The molecular weight excluding hydrogens is 460 g/mol. The zero-order valence-corrected chi connectivity index (χ0v) is 18.5. The third kappa shape index (κ3) is 4.61. The Kier molecular flexibility index (Phi) is 7.23. The summed E-state index contributed by atoms with van der Waals surface area (Å²) < 4.78 is 18.0. The molecule has 2 aliphatic rings. The molecule has 29 heavy (non-hydrogen) atoms. The maximum Gasteiger partial charge on any atom is 0.355 e. The second-order valence-corrected chi connectivity index (χ2v) is 9.00. The number of nitrogens with zero attached hydrogens (tertiary/aromatic N) is 1. The maximum atomic E-state index is 12.8. The predicted octanol–water partition coefficient (Wildman–Crippen LogP) is 1.64. The molecule has 1 N–H and O–H groups in total. The Labute approximate surface area is 180 Å². The average molecular weight is 483 g/mol. The van der Waals surface area contributed by atoms with E-state index in [4.69, 9.17) is 4.74 Å². The molecule has 3 rings (SSSR count). The van der Waals surface area contributed by atoms with Crippen molar-refractivity contribution in [2.45, 2.75) is 37.6 Å². The number of rotatable bonds is 8. The number of esters is 1. The monoisotopic (exact) mass is 482 g/mol. The highest BCUT2D eigenvalue weighted by Gasteiger charge is 2.57. The molecule has 2 heterocycles. The first-order valence-electron chi connectivity index (χ1n) is 9.46. The highest BCUT2D eigenvalue weighted by atomic mass is 79.9. The fourth-order valence-electron chi connectivity index (χ4n) is 3.33. The lowest BCUT2D eigenvalue weighted by Gasteiger charge is -2.49. The maximum absolute atomic E-state index is 12.8. The van der Waals surface area contributed by atoms with Crippen molar-refractivity contribution >= 4 is 44.5 Å². The minimum absolute atomic E-state index is 0.123. The number of β-lactam (4-membered cyclic amide) rings is 1. The number of benzene rings is 1. The molecule has 1 fully saturated rings. The second-order valence-electron chi connectivity index (χ2n) is 6.91. The molecule has 0 aromatic heterocycles. The molecule has 0 spiro atoms. The zero-order valence-electron chi connectivity index (χ0n) is 16.1. The van der Waals surface area contributed by atoms with Crippen LogP contribution in [0.1, 0.15) is 25.3 Å². The molecule has 0 unspecified atom stereocenters. The van der Waals surface area contributed by atoms with Crippen molar-refractivity contribution in [3.8, 4) is 0 Å². The van der Waals surface area contributed by atoms with Crippen molar-refractivity contribution in [3.63, 3.8) is 0 Å². The molecule has 2 amide bonds. The van der Waals surface area contributed by atoms with E-state index in [1.165, 1.54) is 4.90 Å². The molecule has 2 aliphatic heterocycles. The minimum atomic E-state index is -1.42. The molecule has 3 atom stereocenters. The van der Waals surface area contributed by atoms with Crippen LogP contribution < -0.4 is 5.32 Å². The molecule has 0 radical (unpaired) electrons. The fraction of sp³-hybridized carbons (Fsp3) is 0.450.